The Kier molecular flexibility index (Phi) is 3.90. The summed E-state index contributed by atoms with van der Waals surface area (Å²) in [5.41, 5.74) is 0.978. The van der Waals surface area contributed by atoms with E-state index in [9.17, 15) is 9.59 Å². The van der Waals surface area contributed by atoms with Gasteiger partial charge in [-0.3, -0.25) is 14.6 Å². The Labute approximate surface area is 124 Å². The SMILES string of the molecule is CC1CCN(C(=O)c2cncc(C(=O)NC3CC3)c2)CC1. The molecule has 0 atom stereocenters. The molecule has 2 heterocycles. The van der Waals surface area contributed by atoms with Gasteiger partial charge in [-0.15, -0.1) is 0 Å². The first kappa shape index (κ1) is 14.0. The first-order chi connectivity index (χ1) is 10.1. The summed E-state index contributed by atoms with van der Waals surface area (Å²) in [5, 5.41) is 2.92. The molecule has 1 aromatic rings. The number of piperidine rings is 1. The minimum absolute atomic E-state index is 0.0181. The minimum Gasteiger partial charge on any atom is -0.349 e. The average molecular weight is 287 g/mol. The molecule has 2 fully saturated rings. The van der Waals surface area contributed by atoms with Crippen molar-refractivity contribution in [3.63, 3.8) is 0 Å². The second kappa shape index (κ2) is 5.84. The van der Waals surface area contributed by atoms with Gasteiger partial charge >= 0.3 is 0 Å². The number of carbonyl (C=O) groups excluding carboxylic acids is 2. The largest absolute Gasteiger partial charge is 0.349 e. The lowest BCUT2D eigenvalue weighted by Crippen LogP contribution is -2.38. The van der Waals surface area contributed by atoms with Gasteiger partial charge in [0.25, 0.3) is 11.8 Å². The van der Waals surface area contributed by atoms with Crippen molar-refractivity contribution < 1.29 is 9.59 Å². The van der Waals surface area contributed by atoms with Crippen molar-refractivity contribution in [2.45, 2.75) is 38.6 Å². The van der Waals surface area contributed by atoms with E-state index in [1.165, 1.54) is 6.20 Å². The molecule has 1 aliphatic heterocycles. The number of likely N-dealkylation sites (tertiary alicyclic amines) is 1. The summed E-state index contributed by atoms with van der Waals surface area (Å²) in [6, 6.07) is 1.96. The maximum Gasteiger partial charge on any atom is 0.255 e. The highest BCUT2D eigenvalue weighted by atomic mass is 16.2. The van der Waals surface area contributed by atoms with Gasteiger partial charge in [-0.2, -0.15) is 0 Å². The molecule has 0 radical (unpaired) electrons. The fourth-order valence-corrected chi connectivity index (χ4v) is 2.57. The standard InChI is InChI=1S/C16H21N3O2/c1-11-4-6-19(7-5-11)16(21)13-8-12(9-17-10-13)15(20)18-14-2-3-14/h8-11,14H,2-7H2,1H3,(H,18,20). The topological polar surface area (TPSA) is 62.3 Å². The molecule has 3 rings (SSSR count). The molecule has 0 unspecified atom stereocenters. The van der Waals surface area contributed by atoms with Gasteiger partial charge in [0.2, 0.25) is 0 Å². The van der Waals surface area contributed by atoms with E-state index in [2.05, 4.69) is 17.2 Å². The Balaban J connectivity index is 1.69. The fourth-order valence-electron chi connectivity index (χ4n) is 2.57. The molecule has 5 heteroatoms. The molecule has 1 saturated heterocycles. The van der Waals surface area contributed by atoms with Crippen LogP contribution in [0.15, 0.2) is 18.5 Å². The Hall–Kier alpha value is -1.91. The lowest BCUT2D eigenvalue weighted by atomic mass is 9.98. The number of nitrogens with one attached hydrogen (secondary N) is 1. The van der Waals surface area contributed by atoms with Crippen LogP contribution in [0, 0.1) is 5.92 Å². The average Bonchev–Trinajstić information content (AvgIpc) is 3.31. The van der Waals surface area contributed by atoms with Gasteiger partial charge in [-0.25, -0.2) is 0 Å². The summed E-state index contributed by atoms with van der Waals surface area (Å²) < 4.78 is 0. The van der Waals surface area contributed by atoms with Crippen molar-refractivity contribution in [3.8, 4) is 0 Å². The number of rotatable bonds is 3. The number of hydrogen-bond donors (Lipinski definition) is 1. The maximum absolute atomic E-state index is 12.5. The summed E-state index contributed by atoms with van der Waals surface area (Å²) in [6.45, 7) is 3.79. The summed E-state index contributed by atoms with van der Waals surface area (Å²) in [5.74, 6) is 0.533. The van der Waals surface area contributed by atoms with Crippen LogP contribution in [-0.4, -0.2) is 40.8 Å². The molecule has 0 bridgehead atoms. The second-order valence-corrected chi connectivity index (χ2v) is 6.18. The first-order valence-corrected chi connectivity index (χ1v) is 7.68. The number of aromatic nitrogens is 1. The lowest BCUT2D eigenvalue weighted by Gasteiger charge is -2.30. The molecule has 1 saturated carbocycles. The van der Waals surface area contributed by atoms with Gasteiger partial charge in [0.1, 0.15) is 0 Å². The van der Waals surface area contributed by atoms with E-state index in [4.69, 9.17) is 0 Å². The van der Waals surface area contributed by atoms with Crippen molar-refractivity contribution >= 4 is 11.8 Å². The Morgan fingerprint density at radius 2 is 1.81 bits per heavy atom. The van der Waals surface area contributed by atoms with E-state index >= 15 is 0 Å². The summed E-state index contributed by atoms with van der Waals surface area (Å²) in [6.07, 6.45) is 7.25. The van der Waals surface area contributed by atoms with E-state index in [0.29, 0.717) is 23.1 Å². The van der Waals surface area contributed by atoms with Crippen molar-refractivity contribution in [2.24, 2.45) is 5.92 Å². The Morgan fingerprint density at radius 3 is 2.48 bits per heavy atom. The Morgan fingerprint density at radius 1 is 1.14 bits per heavy atom. The van der Waals surface area contributed by atoms with Crippen LogP contribution in [0.1, 0.15) is 53.3 Å². The van der Waals surface area contributed by atoms with E-state index in [0.717, 1.165) is 38.8 Å². The van der Waals surface area contributed by atoms with Crippen LogP contribution in [0.3, 0.4) is 0 Å². The number of amides is 2. The monoisotopic (exact) mass is 287 g/mol. The summed E-state index contributed by atoms with van der Waals surface area (Å²) in [7, 11) is 0. The van der Waals surface area contributed by atoms with Crippen LogP contribution < -0.4 is 5.32 Å². The van der Waals surface area contributed by atoms with E-state index in [-0.39, 0.29) is 11.8 Å². The smallest absolute Gasteiger partial charge is 0.255 e. The molecular formula is C16H21N3O2. The van der Waals surface area contributed by atoms with Crippen LogP contribution in [0.25, 0.3) is 0 Å². The summed E-state index contributed by atoms with van der Waals surface area (Å²) in [4.78, 5) is 30.4. The molecular weight excluding hydrogens is 266 g/mol. The molecule has 2 aliphatic rings. The van der Waals surface area contributed by atoms with Gasteiger partial charge in [0.05, 0.1) is 11.1 Å². The second-order valence-electron chi connectivity index (χ2n) is 6.18. The minimum atomic E-state index is -0.132. The van der Waals surface area contributed by atoms with Gasteiger partial charge in [-0.05, 0) is 37.7 Å². The normalized spacial score (nSPS) is 19.4. The third kappa shape index (κ3) is 3.40. The zero-order valence-electron chi connectivity index (χ0n) is 12.3. The van der Waals surface area contributed by atoms with Gasteiger partial charge in [-0.1, -0.05) is 6.92 Å². The summed E-state index contributed by atoms with van der Waals surface area (Å²) >= 11 is 0. The molecule has 112 valence electrons. The highest BCUT2D eigenvalue weighted by Crippen LogP contribution is 2.20. The number of pyridine rings is 1. The predicted octanol–water partition coefficient (Wildman–Crippen LogP) is 1.85. The van der Waals surface area contributed by atoms with Crippen molar-refractivity contribution in [3.05, 3.63) is 29.6 Å². The van der Waals surface area contributed by atoms with Crippen LogP contribution in [0.4, 0.5) is 0 Å². The number of hydrogen-bond acceptors (Lipinski definition) is 3. The van der Waals surface area contributed by atoms with E-state index in [1.54, 1.807) is 12.3 Å². The quantitative estimate of drug-likeness (QED) is 0.922. The molecule has 21 heavy (non-hydrogen) atoms. The lowest BCUT2D eigenvalue weighted by molar-refractivity contribution is 0.0697. The van der Waals surface area contributed by atoms with E-state index < -0.39 is 0 Å². The van der Waals surface area contributed by atoms with Crippen LogP contribution >= 0.6 is 0 Å². The van der Waals surface area contributed by atoms with Crippen LogP contribution in [0.2, 0.25) is 0 Å². The number of carbonyl (C=O) groups is 2. The molecule has 2 amide bonds. The van der Waals surface area contributed by atoms with Crippen molar-refractivity contribution in [2.75, 3.05) is 13.1 Å². The van der Waals surface area contributed by atoms with Crippen molar-refractivity contribution in [1.82, 2.24) is 15.2 Å². The zero-order valence-corrected chi connectivity index (χ0v) is 12.3. The predicted molar refractivity (Wildman–Crippen MR) is 79.0 cm³/mol. The zero-order chi connectivity index (χ0) is 14.8. The highest BCUT2D eigenvalue weighted by molar-refractivity contribution is 5.99. The van der Waals surface area contributed by atoms with E-state index in [1.807, 2.05) is 4.90 Å². The molecule has 0 spiro atoms. The van der Waals surface area contributed by atoms with Crippen molar-refractivity contribution in [1.29, 1.82) is 0 Å². The van der Waals surface area contributed by atoms with Crippen LogP contribution in [-0.2, 0) is 0 Å². The third-order valence-corrected chi connectivity index (χ3v) is 4.23. The highest BCUT2D eigenvalue weighted by Gasteiger charge is 2.25. The number of nitrogens with zero attached hydrogens (tertiary/aromatic N) is 2. The molecule has 1 aliphatic carbocycles. The van der Waals surface area contributed by atoms with Gasteiger partial charge in [0, 0.05) is 31.5 Å². The molecule has 0 aromatic carbocycles. The van der Waals surface area contributed by atoms with Gasteiger partial charge in [0.15, 0.2) is 0 Å². The molecule has 5 nitrogen and oxygen atoms in total. The molecule has 1 aromatic heterocycles. The first-order valence-electron chi connectivity index (χ1n) is 7.68. The third-order valence-electron chi connectivity index (χ3n) is 4.23. The fraction of sp³-hybridized carbons (Fsp3) is 0.562. The van der Waals surface area contributed by atoms with Crippen LogP contribution in [0.5, 0.6) is 0 Å². The molecule has 1 N–H and O–H groups in total. The van der Waals surface area contributed by atoms with Gasteiger partial charge < -0.3 is 10.2 Å². The maximum atomic E-state index is 12.5. The Bertz CT molecular complexity index is 546.